The first-order valence-corrected chi connectivity index (χ1v) is 7.78. The molecule has 0 spiro atoms. The SMILES string of the molecule is CCCCCC(C)(CC)CC(C)C[C](C)CC. The van der Waals surface area contributed by atoms with Crippen LogP contribution in [0.25, 0.3) is 0 Å². The van der Waals surface area contributed by atoms with Gasteiger partial charge in [-0.25, -0.2) is 0 Å². The molecule has 0 aromatic heterocycles. The summed E-state index contributed by atoms with van der Waals surface area (Å²) in [5, 5.41) is 0. The van der Waals surface area contributed by atoms with Crippen LogP contribution in [0.15, 0.2) is 0 Å². The van der Waals surface area contributed by atoms with Crippen molar-refractivity contribution in [1.82, 2.24) is 0 Å². The van der Waals surface area contributed by atoms with Crippen molar-refractivity contribution in [3.8, 4) is 0 Å². The molecule has 0 saturated heterocycles. The molecule has 0 N–H and O–H groups in total. The molecule has 0 aliphatic rings. The summed E-state index contributed by atoms with van der Waals surface area (Å²) in [6, 6.07) is 0. The summed E-state index contributed by atoms with van der Waals surface area (Å²) >= 11 is 0. The van der Waals surface area contributed by atoms with Gasteiger partial charge in [-0.2, -0.15) is 0 Å². The number of hydrogen-bond donors (Lipinski definition) is 0. The van der Waals surface area contributed by atoms with Gasteiger partial charge in [-0.1, -0.05) is 73.6 Å². The minimum atomic E-state index is 0.586. The van der Waals surface area contributed by atoms with Gasteiger partial charge in [-0.15, -0.1) is 0 Å². The smallest absolute Gasteiger partial charge is 0.0272 e. The van der Waals surface area contributed by atoms with E-state index >= 15 is 0 Å². The van der Waals surface area contributed by atoms with Crippen molar-refractivity contribution in [2.75, 3.05) is 0 Å². The Bertz CT molecular complexity index is 173. The Morgan fingerprint density at radius 3 is 2.24 bits per heavy atom. The summed E-state index contributed by atoms with van der Waals surface area (Å²) in [7, 11) is 0. The molecule has 0 heterocycles. The highest BCUT2D eigenvalue weighted by atomic mass is 14.3. The van der Waals surface area contributed by atoms with Crippen LogP contribution in [-0.4, -0.2) is 0 Å². The lowest BCUT2D eigenvalue weighted by Crippen LogP contribution is -2.19. The van der Waals surface area contributed by atoms with Gasteiger partial charge in [0.2, 0.25) is 0 Å². The van der Waals surface area contributed by atoms with Crippen LogP contribution >= 0.6 is 0 Å². The molecular weight excluding hydrogens is 204 g/mol. The molecule has 0 rings (SSSR count). The zero-order valence-corrected chi connectivity index (χ0v) is 13.2. The van der Waals surface area contributed by atoms with E-state index in [4.69, 9.17) is 0 Å². The molecule has 0 amide bonds. The van der Waals surface area contributed by atoms with Crippen molar-refractivity contribution in [3.63, 3.8) is 0 Å². The van der Waals surface area contributed by atoms with Crippen molar-refractivity contribution in [2.45, 2.75) is 92.9 Å². The molecule has 0 aromatic rings. The van der Waals surface area contributed by atoms with Gasteiger partial charge in [0.25, 0.3) is 0 Å². The van der Waals surface area contributed by atoms with Crippen LogP contribution in [0.1, 0.15) is 92.9 Å². The third kappa shape index (κ3) is 7.84. The average molecular weight is 239 g/mol. The van der Waals surface area contributed by atoms with Gasteiger partial charge in [0.15, 0.2) is 0 Å². The second-order valence-electron chi connectivity index (χ2n) is 6.45. The summed E-state index contributed by atoms with van der Waals surface area (Å²) in [5.41, 5.74) is 0.586. The third-order valence-corrected chi connectivity index (χ3v) is 4.38. The van der Waals surface area contributed by atoms with E-state index in [2.05, 4.69) is 41.5 Å². The maximum atomic E-state index is 2.50. The lowest BCUT2D eigenvalue weighted by Gasteiger charge is -2.32. The van der Waals surface area contributed by atoms with E-state index in [1.54, 1.807) is 5.92 Å². The third-order valence-electron chi connectivity index (χ3n) is 4.38. The Hall–Kier alpha value is 0. The molecule has 17 heavy (non-hydrogen) atoms. The maximum Gasteiger partial charge on any atom is -0.0272 e. The van der Waals surface area contributed by atoms with E-state index < -0.39 is 0 Å². The van der Waals surface area contributed by atoms with E-state index in [0.29, 0.717) is 5.41 Å². The monoisotopic (exact) mass is 239 g/mol. The van der Waals surface area contributed by atoms with Crippen LogP contribution in [0.4, 0.5) is 0 Å². The first-order chi connectivity index (χ1) is 7.97. The van der Waals surface area contributed by atoms with Gasteiger partial charge in [-0.05, 0) is 36.5 Å². The van der Waals surface area contributed by atoms with Crippen LogP contribution in [0.2, 0.25) is 0 Å². The number of rotatable bonds is 10. The maximum absolute atomic E-state index is 2.50. The Morgan fingerprint density at radius 1 is 1.12 bits per heavy atom. The van der Waals surface area contributed by atoms with Gasteiger partial charge >= 0.3 is 0 Å². The van der Waals surface area contributed by atoms with Gasteiger partial charge in [0, 0.05) is 0 Å². The first kappa shape index (κ1) is 17.0. The number of unbranched alkanes of at least 4 members (excludes halogenated alkanes) is 2. The fourth-order valence-electron chi connectivity index (χ4n) is 2.88. The fraction of sp³-hybridized carbons (Fsp3) is 0.941. The summed E-state index contributed by atoms with van der Waals surface area (Å²) in [5.74, 6) is 2.53. The molecule has 0 saturated carbocycles. The Morgan fingerprint density at radius 2 is 1.76 bits per heavy atom. The molecule has 0 bridgehead atoms. The van der Waals surface area contributed by atoms with E-state index in [9.17, 15) is 0 Å². The van der Waals surface area contributed by atoms with E-state index in [-0.39, 0.29) is 0 Å². The summed E-state index contributed by atoms with van der Waals surface area (Å²) in [4.78, 5) is 0. The predicted molar refractivity (Wildman–Crippen MR) is 80.1 cm³/mol. The number of hydrogen-bond acceptors (Lipinski definition) is 0. The predicted octanol–water partition coefficient (Wildman–Crippen LogP) is 6.40. The molecule has 2 atom stereocenters. The molecule has 0 aliphatic heterocycles. The van der Waals surface area contributed by atoms with E-state index in [0.717, 1.165) is 5.92 Å². The highest BCUT2D eigenvalue weighted by Gasteiger charge is 2.24. The second-order valence-corrected chi connectivity index (χ2v) is 6.45. The van der Waals surface area contributed by atoms with Crippen LogP contribution in [-0.2, 0) is 0 Å². The molecule has 0 aromatic carbocycles. The largest absolute Gasteiger partial charge is 0.0654 e. The summed E-state index contributed by atoms with van der Waals surface area (Å²) in [6.07, 6.45) is 10.9. The molecule has 0 fully saturated rings. The topological polar surface area (TPSA) is 0 Å². The van der Waals surface area contributed by atoms with Crippen molar-refractivity contribution in [3.05, 3.63) is 5.92 Å². The normalized spacial score (nSPS) is 17.1. The Balaban J connectivity index is 4.07. The van der Waals surface area contributed by atoms with Crippen LogP contribution in [0.5, 0.6) is 0 Å². The van der Waals surface area contributed by atoms with Crippen LogP contribution in [0, 0.1) is 17.3 Å². The first-order valence-electron chi connectivity index (χ1n) is 7.78. The lowest BCUT2D eigenvalue weighted by atomic mass is 9.74. The van der Waals surface area contributed by atoms with Crippen molar-refractivity contribution in [2.24, 2.45) is 11.3 Å². The Kier molecular flexibility index (Phi) is 9.00. The van der Waals surface area contributed by atoms with Crippen molar-refractivity contribution in [1.29, 1.82) is 0 Å². The summed E-state index contributed by atoms with van der Waals surface area (Å²) in [6.45, 7) is 14.2. The quantitative estimate of drug-likeness (QED) is 0.387. The standard InChI is InChI=1S/C17H35/c1-7-10-11-12-17(6,9-3)14-16(5)13-15(4)8-2/h16H,7-14H2,1-6H3. The molecule has 1 radical (unpaired) electrons. The molecule has 2 unspecified atom stereocenters. The van der Waals surface area contributed by atoms with Crippen molar-refractivity contribution < 1.29 is 0 Å². The molecule has 103 valence electrons. The minimum absolute atomic E-state index is 0.586. The Labute approximate surface area is 111 Å². The summed E-state index contributed by atoms with van der Waals surface area (Å²) < 4.78 is 0. The molecule has 0 heteroatoms. The lowest BCUT2D eigenvalue weighted by molar-refractivity contribution is 0.208. The van der Waals surface area contributed by atoms with Gasteiger partial charge in [-0.3, -0.25) is 0 Å². The van der Waals surface area contributed by atoms with E-state index in [1.807, 2.05) is 0 Å². The van der Waals surface area contributed by atoms with Gasteiger partial charge in [0.1, 0.15) is 0 Å². The van der Waals surface area contributed by atoms with Gasteiger partial charge < -0.3 is 0 Å². The molecule has 0 aliphatic carbocycles. The zero-order chi connectivity index (χ0) is 13.3. The van der Waals surface area contributed by atoms with Crippen molar-refractivity contribution >= 4 is 0 Å². The minimum Gasteiger partial charge on any atom is -0.0654 e. The fourth-order valence-corrected chi connectivity index (χ4v) is 2.88. The van der Waals surface area contributed by atoms with E-state index in [1.165, 1.54) is 51.4 Å². The highest BCUT2D eigenvalue weighted by molar-refractivity contribution is 4.86. The van der Waals surface area contributed by atoms with Crippen LogP contribution < -0.4 is 0 Å². The average Bonchev–Trinajstić information content (AvgIpc) is 2.29. The zero-order valence-electron chi connectivity index (χ0n) is 13.2. The molecule has 0 nitrogen and oxygen atoms in total. The highest BCUT2D eigenvalue weighted by Crippen LogP contribution is 2.37. The van der Waals surface area contributed by atoms with Crippen LogP contribution in [0.3, 0.4) is 0 Å². The molecular formula is C17H35. The van der Waals surface area contributed by atoms with Gasteiger partial charge in [0.05, 0.1) is 0 Å². The second kappa shape index (κ2) is 9.00.